The van der Waals surface area contributed by atoms with Gasteiger partial charge in [0.15, 0.2) is 0 Å². The Hall–Kier alpha value is -2.12. The highest BCUT2D eigenvalue weighted by atomic mass is 35.5. The Kier molecular flexibility index (Phi) is 4.78. The Morgan fingerprint density at radius 2 is 2.48 bits per heavy atom. The summed E-state index contributed by atoms with van der Waals surface area (Å²) in [5, 5.41) is 3.44. The van der Waals surface area contributed by atoms with E-state index in [0.717, 1.165) is 18.8 Å². The summed E-state index contributed by atoms with van der Waals surface area (Å²) in [7, 11) is 1.70. The Labute approximate surface area is 139 Å². The van der Waals surface area contributed by atoms with Gasteiger partial charge < -0.3 is 19.9 Å². The molecule has 0 unspecified atom stereocenters. The zero-order valence-corrected chi connectivity index (χ0v) is 13.5. The number of aromatic amines is 1. The highest BCUT2D eigenvalue weighted by molar-refractivity contribution is 6.30. The number of halogens is 1. The van der Waals surface area contributed by atoms with Crippen LogP contribution in [0.5, 0.6) is 0 Å². The molecule has 0 saturated carbocycles. The number of aromatic nitrogens is 3. The van der Waals surface area contributed by atoms with Crippen molar-refractivity contribution in [1.29, 1.82) is 0 Å². The quantitative estimate of drug-likeness (QED) is 0.864. The van der Waals surface area contributed by atoms with Gasteiger partial charge in [-0.3, -0.25) is 4.79 Å². The van der Waals surface area contributed by atoms with Crippen molar-refractivity contribution < 1.29 is 9.53 Å². The van der Waals surface area contributed by atoms with Crippen LogP contribution in [0.15, 0.2) is 30.9 Å². The van der Waals surface area contributed by atoms with Crippen molar-refractivity contribution in [2.24, 2.45) is 0 Å². The largest absolute Gasteiger partial charge is 0.380 e. The topological polar surface area (TPSA) is 83.1 Å². The minimum absolute atomic E-state index is 0.115. The van der Waals surface area contributed by atoms with Crippen LogP contribution in [-0.4, -0.2) is 53.2 Å². The molecule has 2 atom stereocenters. The summed E-state index contributed by atoms with van der Waals surface area (Å²) >= 11 is 5.82. The number of hydrogen-bond donors (Lipinski definition) is 2. The van der Waals surface area contributed by atoms with Crippen molar-refractivity contribution in [2.75, 3.05) is 25.1 Å². The first-order valence-electron chi connectivity index (χ1n) is 7.35. The number of methoxy groups -OCH3 is 1. The normalized spacial score (nSPS) is 20.7. The van der Waals surface area contributed by atoms with E-state index in [1.807, 2.05) is 6.07 Å². The smallest absolute Gasteiger partial charge is 0.267 e. The van der Waals surface area contributed by atoms with E-state index in [-0.39, 0.29) is 18.1 Å². The molecule has 1 aliphatic rings. The first-order valence-corrected chi connectivity index (χ1v) is 7.72. The van der Waals surface area contributed by atoms with Crippen LogP contribution < -0.4 is 10.2 Å². The number of nitrogens with zero attached hydrogens (tertiary/aromatic N) is 3. The van der Waals surface area contributed by atoms with Gasteiger partial charge in [-0.05, 0) is 18.6 Å². The van der Waals surface area contributed by atoms with Crippen LogP contribution in [0.25, 0.3) is 0 Å². The second kappa shape index (κ2) is 6.97. The molecular weight excluding hydrogens is 318 g/mol. The molecule has 3 heterocycles. The third-order valence-corrected chi connectivity index (χ3v) is 4.18. The summed E-state index contributed by atoms with van der Waals surface area (Å²) in [6.45, 7) is 1.24. The second-order valence-corrected chi connectivity index (χ2v) is 5.85. The zero-order chi connectivity index (χ0) is 16.2. The molecule has 0 aromatic carbocycles. The number of anilines is 1. The molecule has 0 aliphatic carbocycles. The van der Waals surface area contributed by atoms with Gasteiger partial charge in [0.1, 0.15) is 17.8 Å². The van der Waals surface area contributed by atoms with Crippen molar-refractivity contribution in [2.45, 2.75) is 18.6 Å². The van der Waals surface area contributed by atoms with Crippen molar-refractivity contribution in [3.05, 3.63) is 41.6 Å². The molecule has 2 aromatic rings. The minimum Gasteiger partial charge on any atom is -0.380 e. The standard InChI is InChI=1S/C15H18ClN5O2/c1-23-12-5-11(21(8-12)14-2-3-17-9-20-14)7-19-15(22)13-4-10(16)6-18-13/h2-4,6,9,11-12,18H,5,7-8H2,1H3,(H,19,22)/t11-,12-/m1/s1. The van der Waals surface area contributed by atoms with Crippen molar-refractivity contribution in [1.82, 2.24) is 20.3 Å². The molecule has 2 N–H and O–H groups in total. The summed E-state index contributed by atoms with van der Waals surface area (Å²) in [4.78, 5) is 25.3. The molecule has 0 bridgehead atoms. The molecule has 3 rings (SSSR count). The van der Waals surface area contributed by atoms with Gasteiger partial charge in [0.05, 0.1) is 17.2 Å². The van der Waals surface area contributed by atoms with Crippen molar-refractivity contribution in [3.8, 4) is 0 Å². The van der Waals surface area contributed by atoms with Gasteiger partial charge in [-0.2, -0.15) is 0 Å². The maximum Gasteiger partial charge on any atom is 0.267 e. The van der Waals surface area contributed by atoms with E-state index >= 15 is 0 Å². The molecule has 7 nitrogen and oxygen atoms in total. The van der Waals surface area contributed by atoms with Gasteiger partial charge in [-0.15, -0.1) is 0 Å². The molecule has 2 aromatic heterocycles. The number of rotatable bonds is 5. The molecular formula is C15H18ClN5O2. The van der Waals surface area contributed by atoms with E-state index in [0.29, 0.717) is 17.3 Å². The number of carbonyl (C=O) groups is 1. The number of hydrogen-bond acceptors (Lipinski definition) is 5. The molecule has 0 spiro atoms. The first kappa shape index (κ1) is 15.8. The van der Waals surface area contributed by atoms with Crippen LogP contribution in [0.3, 0.4) is 0 Å². The van der Waals surface area contributed by atoms with E-state index in [2.05, 4.69) is 25.2 Å². The molecule has 122 valence electrons. The van der Waals surface area contributed by atoms with Crippen LogP contribution in [0.2, 0.25) is 5.02 Å². The summed E-state index contributed by atoms with van der Waals surface area (Å²) in [6.07, 6.45) is 5.75. The minimum atomic E-state index is -0.180. The monoisotopic (exact) mass is 335 g/mol. The molecule has 0 radical (unpaired) electrons. The lowest BCUT2D eigenvalue weighted by Crippen LogP contribution is -2.40. The average Bonchev–Trinajstić information content (AvgIpc) is 3.19. The number of carbonyl (C=O) groups excluding carboxylic acids is 1. The van der Waals surface area contributed by atoms with Gasteiger partial charge >= 0.3 is 0 Å². The summed E-state index contributed by atoms with van der Waals surface area (Å²) < 4.78 is 5.47. The predicted molar refractivity (Wildman–Crippen MR) is 86.7 cm³/mol. The van der Waals surface area contributed by atoms with E-state index < -0.39 is 0 Å². The number of H-pyrrole nitrogens is 1. The fourth-order valence-electron chi connectivity index (χ4n) is 2.78. The Morgan fingerprint density at radius 1 is 1.61 bits per heavy atom. The molecule has 23 heavy (non-hydrogen) atoms. The van der Waals surface area contributed by atoms with Crippen molar-refractivity contribution in [3.63, 3.8) is 0 Å². The lowest BCUT2D eigenvalue weighted by atomic mass is 10.2. The van der Waals surface area contributed by atoms with Crippen LogP contribution in [0.1, 0.15) is 16.9 Å². The molecule has 1 aliphatic heterocycles. The van der Waals surface area contributed by atoms with E-state index in [1.54, 1.807) is 25.6 Å². The van der Waals surface area contributed by atoms with Gasteiger partial charge in [0.25, 0.3) is 5.91 Å². The lowest BCUT2D eigenvalue weighted by Gasteiger charge is -2.25. The van der Waals surface area contributed by atoms with Crippen LogP contribution in [0, 0.1) is 0 Å². The van der Waals surface area contributed by atoms with Crippen LogP contribution in [0.4, 0.5) is 5.82 Å². The molecule has 8 heteroatoms. The third kappa shape index (κ3) is 3.62. The Balaban J connectivity index is 1.66. The van der Waals surface area contributed by atoms with Gasteiger partial charge in [0, 0.05) is 32.6 Å². The number of nitrogens with one attached hydrogen (secondary N) is 2. The molecule has 1 saturated heterocycles. The summed E-state index contributed by atoms with van der Waals surface area (Å²) in [6, 6.07) is 3.58. The molecule has 1 amide bonds. The fraction of sp³-hybridized carbons (Fsp3) is 0.400. The van der Waals surface area contributed by atoms with Gasteiger partial charge in [-0.1, -0.05) is 11.6 Å². The van der Waals surface area contributed by atoms with E-state index in [4.69, 9.17) is 16.3 Å². The van der Waals surface area contributed by atoms with Crippen LogP contribution in [-0.2, 0) is 4.74 Å². The van der Waals surface area contributed by atoms with Crippen LogP contribution >= 0.6 is 11.6 Å². The SMILES string of the molecule is CO[C@@H]1C[C@H](CNC(=O)c2cc(Cl)c[nH]2)N(c2ccncn2)C1. The number of amides is 1. The van der Waals surface area contributed by atoms with E-state index in [9.17, 15) is 4.79 Å². The predicted octanol–water partition coefficient (Wildman–Crippen LogP) is 1.48. The maximum absolute atomic E-state index is 12.1. The highest BCUT2D eigenvalue weighted by Gasteiger charge is 2.33. The van der Waals surface area contributed by atoms with Crippen molar-refractivity contribution >= 4 is 23.3 Å². The summed E-state index contributed by atoms with van der Waals surface area (Å²) in [5.74, 6) is 0.655. The van der Waals surface area contributed by atoms with Gasteiger partial charge in [0.2, 0.25) is 0 Å². The Morgan fingerprint density at radius 3 is 3.13 bits per heavy atom. The first-order chi connectivity index (χ1) is 11.2. The third-order valence-electron chi connectivity index (χ3n) is 3.96. The molecule has 1 fully saturated rings. The summed E-state index contributed by atoms with van der Waals surface area (Å²) in [5.41, 5.74) is 0.449. The zero-order valence-electron chi connectivity index (χ0n) is 12.7. The fourth-order valence-corrected chi connectivity index (χ4v) is 2.94. The van der Waals surface area contributed by atoms with E-state index in [1.165, 1.54) is 6.33 Å². The Bertz CT molecular complexity index is 663. The number of ether oxygens (including phenoxy) is 1. The lowest BCUT2D eigenvalue weighted by molar-refractivity contribution is 0.0942. The van der Waals surface area contributed by atoms with Gasteiger partial charge in [-0.25, -0.2) is 9.97 Å². The average molecular weight is 336 g/mol. The highest BCUT2D eigenvalue weighted by Crippen LogP contribution is 2.24. The second-order valence-electron chi connectivity index (χ2n) is 5.41. The maximum atomic E-state index is 12.1.